The highest BCUT2D eigenvalue weighted by Crippen LogP contribution is 2.35. The molecule has 0 aliphatic rings. The second-order valence-corrected chi connectivity index (χ2v) is 4.37. The van der Waals surface area contributed by atoms with E-state index in [1.807, 2.05) is 6.92 Å². The van der Waals surface area contributed by atoms with Crippen LogP contribution >= 0.6 is 0 Å². The quantitative estimate of drug-likeness (QED) is 0.827. The number of amides is 1. The van der Waals surface area contributed by atoms with Gasteiger partial charge in [-0.05, 0) is 12.1 Å². The van der Waals surface area contributed by atoms with Gasteiger partial charge in [0.15, 0.2) is 17.3 Å². The summed E-state index contributed by atoms with van der Waals surface area (Å²) in [7, 11) is 3.03. The number of furan rings is 1. The van der Waals surface area contributed by atoms with E-state index >= 15 is 0 Å². The summed E-state index contributed by atoms with van der Waals surface area (Å²) in [5, 5.41) is 2.70. The molecule has 2 rings (SSSR count). The van der Waals surface area contributed by atoms with Gasteiger partial charge >= 0.3 is 0 Å². The van der Waals surface area contributed by atoms with Crippen LogP contribution in [0.4, 0.5) is 11.4 Å². The molecule has 6 heteroatoms. The van der Waals surface area contributed by atoms with Gasteiger partial charge in [-0.3, -0.25) is 4.79 Å². The molecule has 0 spiro atoms. The molecule has 0 radical (unpaired) electrons. The number of carbonyl (C=O) groups is 1. The summed E-state index contributed by atoms with van der Waals surface area (Å²) in [6, 6.07) is 6.60. The highest BCUT2D eigenvalue weighted by molar-refractivity contribution is 6.04. The molecule has 112 valence electrons. The van der Waals surface area contributed by atoms with Crippen LogP contribution in [-0.4, -0.2) is 20.1 Å². The van der Waals surface area contributed by atoms with Crippen molar-refractivity contribution in [3.8, 4) is 11.5 Å². The minimum absolute atomic E-state index is 0.237. The molecule has 1 heterocycles. The molecule has 21 heavy (non-hydrogen) atoms. The van der Waals surface area contributed by atoms with E-state index in [0.717, 1.165) is 12.2 Å². The normalized spacial score (nSPS) is 10.2. The predicted molar refractivity (Wildman–Crippen MR) is 80.0 cm³/mol. The lowest BCUT2D eigenvalue weighted by Gasteiger charge is -2.12. The molecule has 0 fully saturated rings. The van der Waals surface area contributed by atoms with Crippen molar-refractivity contribution < 1.29 is 18.7 Å². The maximum atomic E-state index is 12.1. The first kappa shape index (κ1) is 14.8. The minimum Gasteiger partial charge on any atom is -0.493 e. The molecule has 0 saturated heterocycles. The van der Waals surface area contributed by atoms with Crippen molar-refractivity contribution in [3.63, 3.8) is 0 Å². The summed E-state index contributed by atoms with van der Waals surface area (Å²) in [5.74, 6) is 1.60. The van der Waals surface area contributed by atoms with Crippen molar-refractivity contribution in [3.05, 3.63) is 35.8 Å². The van der Waals surface area contributed by atoms with Crippen molar-refractivity contribution in [2.75, 3.05) is 25.3 Å². The maximum Gasteiger partial charge on any atom is 0.291 e. The Morgan fingerprint density at radius 1 is 1.24 bits per heavy atom. The van der Waals surface area contributed by atoms with Crippen LogP contribution in [0.25, 0.3) is 0 Å². The Labute approximate surface area is 122 Å². The highest BCUT2D eigenvalue weighted by Gasteiger charge is 2.15. The number of nitrogens with one attached hydrogen (secondary N) is 1. The molecule has 1 aromatic heterocycles. The Bertz CT molecular complexity index is 649. The van der Waals surface area contributed by atoms with Gasteiger partial charge in [0.2, 0.25) is 0 Å². The van der Waals surface area contributed by atoms with Gasteiger partial charge < -0.3 is 24.9 Å². The molecule has 0 unspecified atom stereocenters. The van der Waals surface area contributed by atoms with E-state index in [1.54, 1.807) is 24.3 Å². The van der Waals surface area contributed by atoms with Gasteiger partial charge in [-0.15, -0.1) is 0 Å². The van der Waals surface area contributed by atoms with E-state index in [-0.39, 0.29) is 11.7 Å². The summed E-state index contributed by atoms with van der Waals surface area (Å²) in [6.07, 6.45) is 0.728. The summed E-state index contributed by atoms with van der Waals surface area (Å²) in [6.45, 7) is 1.95. The Hall–Kier alpha value is -2.63. The standard InChI is InChI=1S/C15H18N2O4/c1-4-9-5-6-12(21-9)15(18)17-11-8-14(20-3)13(19-2)7-10(11)16/h5-8H,4,16H2,1-3H3,(H,17,18). The van der Waals surface area contributed by atoms with E-state index in [1.165, 1.54) is 14.2 Å². The highest BCUT2D eigenvalue weighted by atomic mass is 16.5. The first-order valence-corrected chi connectivity index (χ1v) is 6.50. The summed E-state index contributed by atoms with van der Waals surface area (Å²) in [5.41, 5.74) is 6.71. The van der Waals surface area contributed by atoms with Crippen molar-refractivity contribution in [1.29, 1.82) is 0 Å². The SMILES string of the molecule is CCc1ccc(C(=O)Nc2cc(OC)c(OC)cc2N)o1. The first-order chi connectivity index (χ1) is 10.1. The number of ether oxygens (including phenoxy) is 2. The number of methoxy groups -OCH3 is 2. The van der Waals surface area contributed by atoms with Crippen LogP contribution in [0.3, 0.4) is 0 Å². The topological polar surface area (TPSA) is 86.7 Å². The summed E-state index contributed by atoms with van der Waals surface area (Å²) in [4.78, 5) is 12.1. The molecule has 3 N–H and O–H groups in total. The smallest absolute Gasteiger partial charge is 0.291 e. The number of aryl methyl sites for hydroxylation is 1. The van der Waals surface area contributed by atoms with Gasteiger partial charge in [0.05, 0.1) is 25.6 Å². The Balaban J connectivity index is 2.24. The van der Waals surface area contributed by atoms with Crippen LogP contribution in [0.5, 0.6) is 11.5 Å². The maximum absolute atomic E-state index is 12.1. The zero-order chi connectivity index (χ0) is 15.4. The van der Waals surface area contributed by atoms with Crippen LogP contribution in [-0.2, 0) is 6.42 Å². The van der Waals surface area contributed by atoms with Crippen LogP contribution < -0.4 is 20.5 Å². The molecule has 1 amide bonds. The average Bonchev–Trinajstić information content (AvgIpc) is 2.97. The number of nitrogens with two attached hydrogens (primary N) is 1. The lowest BCUT2D eigenvalue weighted by atomic mass is 10.2. The number of hydrogen-bond acceptors (Lipinski definition) is 5. The van der Waals surface area contributed by atoms with Crippen LogP contribution in [0.2, 0.25) is 0 Å². The lowest BCUT2D eigenvalue weighted by Crippen LogP contribution is -2.12. The van der Waals surface area contributed by atoms with E-state index < -0.39 is 0 Å². The minimum atomic E-state index is -0.367. The fraction of sp³-hybridized carbons (Fsp3) is 0.267. The molecule has 1 aromatic carbocycles. The zero-order valence-corrected chi connectivity index (χ0v) is 12.2. The number of carbonyl (C=O) groups excluding carboxylic acids is 1. The van der Waals surface area contributed by atoms with Crippen LogP contribution in [0.15, 0.2) is 28.7 Å². The third-order valence-electron chi connectivity index (χ3n) is 3.04. The average molecular weight is 290 g/mol. The molecular weight excluding hydrogens is 272 g/mol. The monoisotopic (exact) mass is 290 g/mol. The van der Waals surface area contributed by atoms with Gasteiger partial charge in [0, 0.05) is 18.6 Å². The summed E-state index contributed by atoms with van der Waals surface area (Å²) >= 11 is 0. The molecule has 0 aliphatic carbocycles. The van der Waals surface area contributed by atoms with Crippen LogP contribution in [0.1, 0.15) is 23.2 Å². The lowest BCUT2D eigenvalue weighted by molar-refractivity contribution is 0.0995. The van der Waals surface area contributed by atoms with E-state index in [4.69, 9.17) is 19.6 Å². The van der Waals surface area contributed by atoms with Crippen molar-refractivity contribution in [2.45, 2.75) is 13.3 Å². The molecule has 0 saturated carbocycles. The number of hydrogen-bond donors (Lipinski definition) is 2. The van der Waals surface area contributed by atoms with Crippen molar-refractivity contribution in [1.82, 2.24) is 0 Å². The molecule has 0 bridgehead atoms. The van der Waals surface area contributed by atoms with Crippen molar-refractivity contribution in [2.24, 2.45) is 0 Å². The van der Waals surface area contributed by atoms with Gasteiger partial charge in [-0.1, -0.05) is 6.92 Å². The Kier molecular flexibility index (Phi) is 4.37. The second kappa shape index (κ2) is 6.21. The van der Waals surface area contributed by atoms with Gasteiger partial charge in [-0.25, -0.2) is 0 Å². The predicted octanol–water partition coefficient (Wildman–Crippen LogP) is 2.69. The van der Waals surface area contributed by atoms with Crippen molar-refractivity contribution >= 4 is 17.3 Å². The van der Waals surface area contributed by atoms with Crippen LogP contribution in [0, 0.1) is 0 Å². The molecular formula is C15H18N2O4. The molecule has 6 nitrogen and oxygen atoms in total. The molecule has 0 atom stereocenters. The molecule has 0 aliphatic heterocycles. The van der Waals surface area contributed by atoms with Gasteiger partial charge in [0.25, 0.3) is 5.91 Å². The van der Waals surface area contributed by atoms with E-state index in [2.05, 4.69) is 5.32 Å². The number of benzene rings is 1. The fourth-order valence-corrected chi connectivity index (χ4v) is 1.88. The second-order valence-electron chi connectivity index (χ2n) is 4.37. The number of rotatable bonds is 5. The fourth-order valence-electron chi connectivity index (χ4n) is 1.88. The Morgan fingerprint density at radius 3 is 2.48 bits per heavy atom. The summed E-state index contributed by atoms with van der Waals surface area (Å²) < 4.78 is 15.7. The van der Waals surface area contributed by atoms with Gasteiger partial charge in [0.1, 0.15) is 5.76 Å². The third-order valence-corrected chi connectivity index (χ3v) is 3.04. The Morgan fingerprint density at radius 2 is 1.90 bits per heavy atom. The number of nitrogen functional groups attached to an aromatic ring is 1. The van der Waals surface area contributed by atoms with E-state index in [9.17, 15) is 4.79 Å². The molecule has 2 aromatic rings. The first-order valence-electron chi connectivity index (χ1n) is 6.50. The van der Waals surface area contributed by atoms with E-state index in [0.29, 0.717) is 22.9 Å². The number of anilines is 2. The zero-order valence-electron chi connectivity index (χ0n) is 12.2. The largest absolute Gasteiger partial charge is 0.493 e. The van der Waals surface area contributed by atoms with Gasteiger partial charge in [-0.2, -0.15) is 0 Å². The third kappa shape index (κ3) is 3.10.